The molecule has 0 radical (unpaired) electrons. The van der Waals surface area contributed by atoms with E-state index in [0.717, 1.165) is 0 Å². The first-order valence-corrected chi connectivity index (χ1v) is 4.15. The van der Waals surface area contributed by atoms with Crippen LogP contribution in [0.1, 0.15) is 16.2 Å². The summed E-state index contributed by atoms with van der Waals surface area (Å²) in [5, 5.41) is 22.5. The number of hydrogen-bond acceptors (Lipinski definition) is 6. The van der Waals surface area contributed by atoms with Gasteiger partial charge in [0.15, 0.2) is 5.69 Å². The maximum Gasteiger partial charge on any atom is 0.358 e. The quantitative estimate of drug-likeness (QED) is 0.729. The molecule has 0 amide bonds. The highest BCUT2D eigenvalue weighted by atomic mass is 16.5. The Morgan fingerprint density at radius 1 is 1.60 bits per heavy atom. The summed E-state index contributed by atoms with van der Waals surface area (Å²) in [6, 6.07) is 1.38. The van der Waals surface area contributed by atoms with Gasteiger partial charge in [0.2, 0.25) is 0 Å². The molecule has 0 spiro atoms. The topological polar surface area (TPSA) is 107 Å². The lowest BCUT2D eigenvalue weighted by atomic mass is 10.3. The fourth-order valence-electron chi connectivity index (χ4n) is 1.04. The average molecular weight is 209 g/mol. The van der Waals surface area contributed by atoms with E-state index in [1.165, 1.54) is 17.1 Å². The summed E-state index contributed by atoms with van der Waals surface area (Å²) < 4.78 is 6.33. The second-order valence-electron chi connectivity index (χ2n) is 2.81. The molecule has 0 unspecified atom stereocenters. The summed E-state index contributed by atoms with van der Waals surface area (Å²) >= 11 is 0. The minimum absolute atomic E-state index is 0.0956. The Hall–Kier alpha value is -2.25. The highest BCUT2D eigenvalue weighted by molar-refractivity contribution is 5.85. The molecule has 0 bridgehead atoms. The summed E-state index contributed by atoms with van der Waals surface area (Å²) in [7, 11) is 0. The van der Waals surface area contributed by atoms with Crippen molar-refractivity contribution in [2.45, 2.75) is 13.0 Å². The molecule has 0 saturated heterocycles. The lowest BCUT2D eigenvalue weighted by molar-refractivity contribution is 0.0685. The molecular formula is C7H7N5O3. The minimum Gasteiger partial charge on any atom is -0.476 e. The van der Waals surface area contributed by atoms with Crippen LogP contribution in [0, 0.1) is 0 Å². The van der Waals surface area contributed by atoms with E-state index in [2.05, 4.69) is 20.7 Å². The number of aryl methyl sites for hydroxylation is 2. The maximum absolute atomic E-state index is 10.5. The number of aromatic nitrogens is 5. The zero-order valence-corrected chi connectivity index (χ0v) is 7.57. The van der Waals surface area contributed by atoms with Crippen LogP contribution in [0.15, 0.2) is 16.9 Å². The van der Waals surface area contributed by atoms with Gasteiger partial charge in [-0.25, -0.2) is 9.48 Å². The highest BCUT2D eigenvalue weighted by Crippen LogP contribution is 2.04. The van der Waals surface area contributed by atoms with E-state index in [-0.39, 0.29) is 5.69 Å². The maximum atomic E-state index is 10.5. The van der Waals surface area contributed by atoms with Crippen molar-refractivity contribution < 1.29 is 14.4 Å². The normalized spacial score (nSPS) is 10.4. The molecule has 2 aromatic heterocycles. The fourth-order valence-corrected chi connectivity index (χ4v) is 1.04. The summed E-state index contributed by atoms with van der Waals surface area (Å²) in [6.45, 7) is 0.515. The molecule has 0 aliphatic carbocycles. The number of carboxylic acid groups (broad SMARTS) is 1. The molecule has 0 aliphatic heterocycles. The van der Waals surface area contributed by atoms with Gasteiger partial charge in [0.05, 0.1) is 6.54 Å². The summed E-state index contributed by atoms with van der Waals surface area (Å²) in [5.74, 6) is -0.615. The van der Waals surface area contributed by atoms with Gasteiger partial charge in [-0.15, -0.1) is 5.10 Å². The van der Waals surface area contributed by atoms with Crippen molar-refractivity contribution in [3.8, 4) is 0 Å². The van der Waals surface area contributed by atoms with Gasteiger partial charge in [-0.05, 0) is 10.4 Å². The van der Waals surface area contributed by atoms with Crippen molar-refractivity contribution in [1.82, 2.24) is 25.4 Å². The molecular weight excluding hydrogens is 202 g/mol. The Bertz CT molecular complexity index is 449. The first-order chi connectivity index (χ1) is 7.25. The lowest BCUT2D eigenvalue weighted by Gasteiger charge is -1.93. The van der Waals surface area contributed by atoms with Gasteiger partial charge in [-0.3, -0.25) is 0 Å². The van der Waals surface area contributed by atoms with Gasteiger partial charge in [-0.1, -0.05) is 5.16 Å². The van der Waals surface area contributed by atoms with Crippen molar-refractivity contribution in [1.29, 1.82) is 0 Å². The predicted octanol–water partition coefficient (Wildman–Crippen LogP) is -0.398. The number of carboxylic acids is 1. The van der Waals surface area contributed by atoms with Crippen LogP contribution in [-0.4, -0.2) is 36.4 Å². The van der Waals surface area contributed by atoms with E-state index < -0.39 is 5.97 Å². The first kappa shape index (κ1) is 9.31. The smallest absolute Gasteiger partial charge is 0.358 e. The number of aromatic carboxylic acids is 1. The van der Waals surface area contributed by atoms with E-state index in [1.807, 2.05) is 0 Å². The Morgan fingerprint density at radius 2 is 2.47 bits per heavy atom. The van der Waals surface area contributed by atoms with Crippen LogP contribution in [0.2, 0.25) is 0 Å². The van der Waals surface area contributed by atoms with E-state index >= 15 is 0 Å². The molecule has 2 rings (SSSR count). The van der Waals surface area contributed by atoms with Gasteiger partial charge in [0.25, 0.3) is 0 Å². The molecule has 0 fully saturated rings. The molecule has 78 valence electrons. The number of hydrogen-bond donors (Lipinski definition) is 1. The molecule has 0 aromatic carbocycles. The average Bonchev–Trinajstić information content (AvgIpc) is 2.86. The van der Waals surface area contributed by atoms with Crippen molar-refractivity contribution in [3.05, 3.63) is 23.8 Å². The second-order valence-corrected chi connectivity index (χ2v) is 2.81. The van der Waals surface area contributed by atoms with Gasteiger partial charge in [0.1, 0.15) is 12.1 Å². The Labute approximate surface area is 83.5 Å². The molecule has 2 aromatic rings. The van der Waals surface area contributed by atoms with E-state index in [0.29, 0.717) is 18.7 Å². The van der Waals surface area contributed by atoms with Crippen molar-refractivity contribution >= 4 is 5.97 Å². The van der Waals surface area contributed by atoms with Gasteiger partial charge in [-0.2, -0.15) is 0 Å². The molecule has 8 heteroatoms. The van der Waals surface area contributed by atoms with Crippen LogP contribution >= 0.6 is 0 Å². The van der Waals surface area contributed by atoms with E-state index in [1.54, 1.807) is 0 Å². The van der Waals surface area contributed by atoms with Crippen LogP contribution in [0.4, 0.5) is 0 Å². The second kappa shape index (κ2) is 3.86. The zero-order valence-electron chi connectivity index (χ0n) is 7.57. The van der Waals surface area contributed by atoms with Gasteiger partial charge in [0, 0.05) is 12.5 Å². The molecule has 2 heterocycles. The van der Waals surface area contributed by atoms with E-state index in [4.69, 9.17) is 9.63 Å². The van der Waals surface area contributed by atoms with Crippen molar-refractivity contribution in [3.63, 3.8) is 0 Å². The third-order valence-electron chi connectivity index (χ3n) is 1.76. The monoisotopic (exact) mass is 209 g/mol. The summed E-state index contributed by atoms with van der Waals surface area (Å²) in [5.41, 5.74) is -0.0956. The van der Waals surface area contributed by atoms with Crippen molar-refractivity contribution in [2.24, 2.45) is 0 Å². The Balaban J connectivity index is 1.96. The van der Waals surface area contributed by atoms with Gasteiger partial charge >= 0.3 is 5.97 Å². The molecule has 0 atom stereocenters. The zero-order chi connectivity index (χ0) is 10.7. The van der Waals surface area contributed by atoms with Crippen LogP contribution in [0.25, 0.3) is 0 Å². The van der Waals surface area contributed by atoms with Crippen LogP contribution in [0.5, 0.6) is 0 Å². The standard InChI is InChI=1S/C7H7N5O3/c13-7(14)6-3-5(15-9-6)1-2-12-4-8-10-11-12/h3-4H,1-2H2,(H,13,14). The van der Waals surface area contributed by atoms with Crippen molar-refractivity contribution in [2.75, 3.05) is 0 Å². The number of nitrogens with zero attached hydrogens (tertiary/aromatic N) is 5. The summed E-state index contributed by atoms with van der Waals surface area (Å²) in [4.78, 5) is 10.5. The molecule has 0 saturated carbocycles. The molecule has 0 aliphatic rings. The van der Waals surface area contributed by atoms with Crippen LogP contribution in [0.3, 0.4) is 0 Å². The highest BCUT2D eigenvalue weighted by Gasteiger charge is 2.10. The number of carbonyl (C=O) groups is 1. The third kappa shape index (κ3) is 2.16. The lowest BCUT2D eigenvalue weighted by Crippen LogP contribution is -2.01. The largest absolute Gasteiger partial charge is 0.476 e. The summed E-state index contributed by atoms with van der Waals surface area (Å²) in [6.07, 6.45) is 1.96. The molecule has 1 N–H and O–H groups in total. The van der Waals surface area contributed by atoms with E-state index in [9.17, 15) is 4.79 Å². The molecule has 15 heavy (non-hydrogen) atoms. The fraction of sp³-hybridized carbons (Fsp3) is 0.286. The van der Waals surface area contributed by atoms with Gasteiger partial charge < -0.3 is 9.63 Å². The van der Waals surface area contributed by atoms with Crippen LogP contribution in [-0.2, 0) is 13.0 Å². The minimum atomic E-state index is -1.10. The number of rotatable bonds is 4. The molecule has 8 nitrogen and oxygen atoms in total. The van der Waals surface area contributed by atoms with Crippen LogP contribution < -0.4 is 0 Å². The predicted molar refractivity (Wildman–Crippen MR) is 45.0 cm³/mol. The Kier molecular flexibility index (Phi) is 2.40. The third-order valence-corrected chi connectivity index (χ3v) is 1.76. The first-order valence-electron chi connectivity index (χ1n) is 4.15. The SMILES string of the molecule is O=C(O)c1cc(CCn2cnnn2)on1. The number of tetrazole rings is 1. The Morgan fingerprint density at radius 3 is 3.07 bits per heavy atom.